The number of alkyl halides is 3. The van der Waals surface area contributed by atoms with Crippen LogP contribution in [0.2, 0.25) is 10.0 Å². The Labute approximate surface area is 284 Å². The van der Waals surface area contributed by atoms with Gasteiger partial charge < -0.3 is 0 Å². The molecule has 2 aromatic heterocycles. The second kappa shape index (κ2) is 14.1. The Balaban J connectivity index is 1.44. The van der Waals surface area contributed by atoms with Crippen LogP contribution >= 0.6 is 34.5 Å². The van der Waals surface area contributed by atoms with E-state index in [1.54, 1.807) is 22.9 Å². The maximum Gasteiger partial charge on any atom is 0.416 e. The van der Waals surface area contributed by atoms with Gasteiger partial charge in [-0.15, -0.1) is 11.3 Å². The topological polar surface area (TPSA) is 77.2 Å². The average Bonchev–Trinajstić information content (AvgIpc) is 3.79. The van der Waals surface area contributed by atoms with Gasteiger partial charge in [0.25, 0.3) is 5.91 Å². The number of likely N-dealkylation sites (tertiary alicyclic amines) is 1. The molecular formula is C34H29Cl2F3N6OS. The van der Waals surface area contributed by atoms with Gasteiger partial charge >= 0.3 is 6.18 Å². The van der Waals surface area contributed by atoms with E-state index >= 15 is 0 Å². The number of benzene rings is 2. The van der Waals surface area contributed by atoms with Gasteiger partial charge in [0.05, 0.1) is 43.8 Å². The predicted molar refractivity (Wildman–Crippen MR) is 176 cm³/mol. The van der Waals surface area contributed by atoms with Crippen LogP contribution < -0.4 is 5.43 Å². The number of aromatic nitrogens is 2. The minimum Gasteiger partial charge on any atom is -0.284 e. The Kier molecular flexibility index (Phi) is 9.93. The predicted octanol–water partition coefficient (Wildman–Crippen LogP) is 7.94. The van der Waals surface area contributed by atoms with Crippen molar-refractivity contribution in [1.29, 1.82) is 5.26 Å². The molecule has 7 nitrogen and oxygen atoms in total. The smallest absolute Gasteiger partial charge is 0.284 e. The van der Waals surface area contributed by atoms with Gasteiger partial charge in [-0.3, -0.25) is 15.1 Å². The quantitative estimate of drug-likeness (QED) is 0.207. The number of rotatable bonds is 6. The average molecular weight is 698 g/mol. The number of halogens is 5. The summed E-state index contributed by atoms with van der Waals surface area (Å²) in [7, 11) is 0. The maximum absolute atomic E-state index is 13.9. The van der Waals surface area contributed by atoms with Gasteiger partial charge in [0.1, 0.15) is 0 Å². The summed E-state index contributed by atoms with van der Waals surface area (Å²) in [6.45, 7) is 2.50. The van der Waals surface area contributed by atoms with Crippen LogP contribution in [-0.4, -0.2) is 51.3 Å². The van der Waals surface area contributed by atoms with Crippen LogP contribution in [0.5, 0.6) is 0 Å². The molecule has 2 saturated heterocycles. The molecule has 2 aromatic carbocycles. The van der Waals surface area contributed by atoms with Crippen molar-refractivity contribution in [3.63, 3.8) is 0 Å². The Morgan fingerprint density at radius 1 is 1.00 bits per heavy atom. The Hall–Kier alpha value is -3.84. The molecule has 2 fully saturated rings. The molecule has 1 N–H and O–H groups in total. The number of hydrogen-bond acceptors (Lipinski definition) is 6. The number of nitrogens with zero attached hydrogens (tertiary/aromatic N) is 5. The lowest BCUT2D eigenvalue weighted by Gasteiger charge is -2.26. The lowest BCUT2D eigenvalue weighted by atomic mass is 10.1. The molecule has 0 spiro atoms. The highest BCUT2D eigenvalue weighted by Crippen LogP contribution is 2.38. The molecule has 0 saturated carbocycles. The zero-order chi connectivity index (χ0) is 33.1. The maximum atomic E-state index is 13.9. The molecule has 1 amide bonds. The highest BCUT2D eigenvalue weighted by molar-refractivity contribution is 7.16. The highest BCUT2D eigenvalue weighted by atomic mass is 35.5. The minimum absolute atomic E-state index is 0.228. The molecule has 242 valence electrons. The molecule has 6 rings (SSSR count). The van der Waals surface area contributed by atoms with Crippen molar-refractivity contribution >= 4 is 40.4 Å². The van der Waals surface area contributed by atoms with Gasteiger partial charge in [-0.05, 0) is 86.8 Å². The summed E-state index contributed by atoms with van der Waals surface area (Å²) in [4.78, 5) is 17.4. The van der Waals surface area contributed by atoms with Gasteiger partial charge in [-0.25, -0.2) is 9.69 Å². The summed E-state index contributed by atoms with van der Waals surface area (Å²) >= 11 is 14.3. The lowest BCUT2D eigenvalue weighted by molar-refractivity contribution is -0.137. The minimum atomic E-state index is -4.42. The number of nitrogens with one attached hydrogen (secondary N) is 1. The second-order valence-electron chi connectivity index (χ2n) is 11.4. The Morgan fingerprint density at radius 2 is 1.77 bits per heavy atom. The van der Waals surface area contributed by atoms with Crippen LogP contribution in [0.25, 0.3) is 16.3 Å². The standard InChI is InChI=1S/C34H29Cl2F3N6OS/c35-24-11-14-29(28(36)19-24)45-32(30-15-13-26(47-30)12-8-22-6-9-23(10-7-22)34(37,38)39)27(21-43-16-4-5-25(43)20-40)31(41-45)33(46)42-44-17-2-1-3-18-44/h6-7,9-11,13-15,19,25H,1-5,16-18,21H2,(H,42,46). The number of piperidine rings is 1. The molecule has 2 aliphatic rings. The molecule has 1 unspecified atom stereocenters. The van der Waals surface area contributed by atoms with Crippen molar-refractivity contribution in [3.05, 3.63) is 91.9 Å². The number of nitriles is 1. The van der Waals surface area contributed by atoms with Crippen LogP contribution in [0.1, 0.15) is 64.2 Å². The Morgan fingerprint density at radius 3 is 2.47 bits per heavy atom. The number of hydrazine groups is 1. The van der Waals surface area contributed by atoms with Gasteiger partial charge in [-0.1, -0.05) is 41.5 Å². The normalized spacial score (nSPS) is 17.2. The first-order valence-corrected chi connectivity index (χ1v) is 16.7. The van der Waals surface area contributed by atoms with Crippen LogP contribution in [0.15, 0.2) is 54.6 Å². The monoisotopic (exact) mass is 696 g/mol. The van der Waals surface area contributed by atoms with Crippen LogP contribution in [-0.2, 0) is 12.7 Å². The molecule has 0 bridgehead atoms. The SMILES string of the molecule is N#CC1CCCN1Cc1c(C(=O)NN2CCCCC2)nn(-c2ccc(Cl)cc2Cl)c1-c1ccc(C#Cc2ccc(C(F)(F)F)cc2)s1. The van der Waals surface area contributed by atoms with E-state index in [9.17, 15) is 23.2 Å². The van der Waals surface area contributed by atoms with Crippen molar-refractivity contribution in [2.45, 2.75) is 50.9 Å². The molecule has 4 heterocycles. The summed E-state index contributed by atoms with van der Waals surface area (Å²) < 4.78 is 40.7. The number of carbonyl (C=O) groups is 1. The molecule has 1 atom stereocenters. The van der Waals surface area contributed by atoms with E-state index in [-0.39, 0.29) is 17.6 Å². The molecule has 0 aliphatic carbocycles. The largest absolute Gasteiger partial charge is 0.416 e. The van der Waals surface area contributed by atoms with Crippen molar-refractivity contribution in [2.75, 3.05) is 19.6 Å². The molecule has 4 aromatic rings. The number of thiophene rings is 1. The molecule has 13 heteroatoms. The van der Waals surface area contributed by atoms with Gasteiger partial charge in [0.2, 0.25) is 0 Å². The molecule has 47 heavy (non-hydrogen) atoms. The number of hydrogen-bond donors (Lipinski definition) is 1. The zero-order valence-corrected chi connectivity index (χ0v) is 27.4. The first-order chi connectivity index (χ1) is 22.6. The van der Waals surface area contributed by atoms with E-state index in [4.69, 9.17) is 28.3 Å². The third-order valence-electron chi connectivity index (χ3n) is 8.21. The third-order valence-corrected chi connectivity index (χ3v) is 9.75. The Bertz CT molecular complexity index is 1880. The van der Waals surface area contributed by atoms with Crippen molar-refractivity contribution < 1.29 is 18.0 Å². The van der Waals surface area contributed by atoms with E-state index in [0.29, 0.717) is 50.5 Å². The third kappa shape index (κ3) is 7.51. The van der Waals surface area contributed by atoms with Crippen molar-refractivity contribution in [1.82, 2.24) is 25.1 Å². The van der Waals surface area contributed by atoms with E-state index in [2.05, 4.69) is 28.2 Å². The van der Waals surface area contributed by atoms with E-state index in [1.165, 1.54) is 23.5 Å². The van der Waals surface area contributed by atoms with Gasteiger partial charge in [0, 0.05) is 35.8 Å². The summed E-state index contributed by atoms with van der Waals surface area (Å²) in [6.07, 6.45) is 0.253. The van der Waals surface area contributed by atoms with Crippen molar-refractivity contribution in [3.8, 4) is 34.2 Å². The van der Waals surface area contributed by atoms with Gasteiger partial charge in [-0.2, -0.15) is 23.5 Å². The van der Waals surface area contributed by atoms with Crippen LogP contribution in [0.3, 0.4) is 0 Å². The highest BCUT2D eigenvalue weighted by Gasteiger charge is 2.33. The van der Waals surface area contributed by atoms with E-state index in [1.807, 2.05) is 17.1 Å². The molecule has 0 radical (unpaired) electrons. The van der Waals surface area contributed by atoms with Gasteiger partial charge in [0.15, 0.2) is 5.69 Å². The summed E-state index contributed by atoms with van der Waals surface area (Å²) in [5.41, 5.74) is 4.78. The number of amides is 1. The summed E-state index contributed by atoms with van der Waals surface area (Å²) in [5.74, 6) is 5.65. The molecular weight excluding hydrogens is 668 g/mol. The first-order valence-electron chi connectivity index (χ1n) is 15.2. The fourth-order valence-corrected chi connectivity index (χ4v) is 7.24. The lowest BCUT2D eigenvalue weighted by Crippen LogP contribution is -2.45. The summed E-state index contributed by atoms with van der Waals surface area (Å²) in [5, 5.41) is 17.4. The van der Waals surface area contributed by atoms with E-state index in [0.717, 1.165) is 62.2 Å². The summed E-state index contributed by atoms with van der Waals surface area (Å²) in [6, 6.07) is 15.5. The second-order valence-corrected chi connectivity index (χ2v) is 13.3. The van der Waals surface area contributed by atoms with E-state index < -0.39 is 11.7 Å². The number of carbonyl (C=O) groups excluding carboxylic acids is 1. The fraction of sp³-hybridized carbons (Fsp3) is 0.324. The zero-order valence-electron chi connectivity index (χ0n) is 25.1. The molecule has 2 aliphatic heterocycles. The van der Waals surface area contributed by atoms with Crippen molar-refractivity contribution in [2.24, 2.45) is 0 Å². The van der Waals surface area contributed by atoms with Crippen LogP contribution in [0, 0.1) is 23.2 Å². The van der Waals surface area contributed by atoms with Crippen LogP contribution in [0.4, 0.5) is 13.2 Å². The fourth-order valence-electron chi connectivity index (χ4n) is 5.84. The first kappa shape index (κ1) is 33.1.